The molecule has 1 unspecified atom stereocenters. The van der Waals surface area contributed by atoms with Crippen LogP contribution in [0.3, 0.4) is 0 Å². The van der Waals surface area contributed by atoms with Crippen LogP contribution in [0.5, 0.6) is 0 Å². The maximum atomic E-state index is 14.6. The minimum absolute atomic E-state index is 0.173. The molecule has 0 fully saturated rings. The van der Waals surface area contributed by atoms with E-state index < -0.39 is 36.2 Å². The number of aliphatic hydroxyl groups excluding tert-OH is 1. The number of halogens is 2. The summed E-state index contributed by atoms with van der Waals surface area (Å²) >= 11 is 4.97. The van der Waals surface area contributed by atoms with Gasteiger partial charge in [-0.15, -0.1) is 6.42 Å². The van der Waals surface area contributed by atoms with Crippen molar-refractivity contribution < 1.29 is 28.3 Å². The fraction of sp³-hybridized carbons (Fsp3) is 0.294. The molecule has 1 aliphatic rings. The monoisotopic (exact) mass is 412 g/mol. The number of rotatable bonds is 3. The predicted molar refractivity (Wildman–Crippen MR) is 101 cm³/mol. The zero-order valence-corrected chi connectivity index (χ0v) is 16.1. The van der Waals surface area contributed by atoms with Crippen LogP contribution in [0.25, 0.3) is 0 Å². The Bertz CT molecular complexity index is 818. The minimum atomic E-state index is -2.39. The van der Waals surface area contributed by atoms with Crippen molar-refractivity contribution in [3.05, 3.63) is 35.6 Å². The summed E-state index contributed by atoms with van der Waals surface area (Å²) < 4.78 is 28.7. The molecule has 1 N–H and O–H groups in total. The Labute approximate surface area is 166 Å². The number of carbonyl (C=O) groups is 3. The molecule has 0 saturated heterocycles. The lowest BCUT2D eigenvalue weighted by Gasteiger charge is -2.30. The standard InChI is InChI=1S/C17H18F2N4O4S/c1-5-6-23-11(9-24)7-14(12(18)8-13(19)15(23)26)21(3)16(27)22(4)17(28)20(2)10-25/h1,7-10,13,24H,6H2,2-4H3/b11-9-,12-8+,14-7+. The highest BCUT2D eigenvalue weighted by molar-refractivity contribution is 7.80. The Morgan fingerprint density at radius 1 is 1.46 bits per heavy atom. The highest BCUT2D eigenvalue weighted by Crippen LogP contribution is 2.25. The fourth-order valence-corrected chi connectivity index (χ4v) is 2.29. The van der Waals surface area contributed by atoms with Crippen LogP contribution in [0, 0.1) is 12.3 Å². The largest absolute Gasteiger partial charge is 0.513 e. The third kappa shape index (κ3) is 4.72. The van der Waals surface area contributed by atoms with Gasteiger partial charge < -0.3 is 5.11 Å². The lowest BCUT2D eigenvalue weighted by atomic mass is 10.1. The molecule has 1 atom stereocenters. The molecule has 0 saturated carbocycles. The summed E-state index contributed by atoms with van der Waals surface area (Å²) in [5, 5.41) is 9.25. The summed E-state index contributed by atoms with van der Waals surface area (Å²) in [5.41, 5.74) is -0.787. The van der Waals surface area contributed by atoms with Crippen molar-refractivity contribution in [2.75, 3.05) is 27.7 Å². The van der Waals surface area contributed by atoms with Gasteiger partial charge in [-0.1, -0.05) is 5.92 Å². The van der Waals surface area contributed by atoms with E-state index in [9.17, 15) is 28.3 Å². The van der Waals surface area contributed by atoms with Crippen LogP contribution in [0.15, 0.2) is 35.6 Å². The van der Waals surface area contributed by atoms with E-state index in [1.54, 1.807) is 0 Å². The van der Waals surface area contributed by atoms with Gasteiger partial charge in [-0.25, -0.2) is 13.6 Å². The Hall–Kier alpha value is -3.26. The van der Waals surface area contributed by atoms with Gasteiger partial charge in [0.1, 0.15) is 12.1 Å². The van der Waals surface area contributed by atoms with E-state index in [2.05, 4.69) is 5.92 Å². The summed E-state index contributed by atoms with van der Waals surface area (Å²) in [6.07, 6.45) is 4.91. The highest BCUT2D eigenvalue weighted by atomic mass is 32.1. The van der Waals surface area contributed by atoms with E-state index in [0.717, 1.165) is 25.7 Å². The summed E-state index contributed by atoms with van der Waals surface area (Å²) in [6, 6.07) is -0.864. The van der Waals surface area contributed by atoms with Crippen molar-refractivity contribution in [3.63, 3.8) is 0 Å². The van der Waals surface area contributed by atoms with Gasteiger partial charge in [0.05, 0.1) is 17.9 Å². The zero-order valence-electron chi connectivity index (χ0n) is 15.3. The number of amides is 4. The van der Waals surface area contributed by atoms with Gasteiger partial charge in [-0.2, -0.15) is 0 Å². The number of alkyl halides is 1. The second-order valence-corrected chi connectivity index (χ2v) is 5.89. The van der Waals surface area contributed by atoms with Crippen molar-refractivity contribution in [3.8, 4) is 12.3 Å². The third-order valence-electron chi connectivity index (χ3n) is 3.70. The van der Waals surface area contributed by atoms with Crippen LogP contribution in [0.2, 0.25) is 0 Å². The van der Waals surface area contributed by atoms with Crippen LogP contribution in [-0.4, -0.2) is 82.0 Å². The van der Waals surface area contributed by atoms with E-state index in [1.165, 1.54) is 21.1 Å². The van der Waals surface area contributed by atoms with Gasteiger partial charge >= 0.3 is 6.03 Å². The molecule has 1 heterocycles. The van der Waals surface area contributed by atoms with Gasteiger partial charge in [0.2, 0.25) is 12.6 Å². The lowest BCUT2D eigenvalue weighted by molar-refractivity contribution is -0.132. The molecule has 4 amide bonds. The van der Waals surface area contributed by atoms with Crippen LogP contribution in [-0.2, 0) is 9.59 Å². The molecule has 0 aromatic rings. The highest BCUT2D eigenvalue weighted by Gasteiger charge is 2.31. The van der Waals surface area contributed by atoms with Crippen LogP contribution in [0.1, 0.15) is 0 Å². The zero-order chi connectivity index (χ0) is 21.6. The van der Waals surface area contributed by atoms with E-state index in [0.29, 0.717) is 18.7 Å². The fourth-order valence-electron chi connectivity index (χ4n) is 2.16. The van der Waals surface area contributed by atoms with Crippen molar-refractivity contribution in [1.29, 1.82) is 0 Å². The summed E-state index contributed by atoms with van der Waals surface area (Å²) in [5.74, 6) is -0.271. The van der Waals surface area contributed by atoms with Crippen molar-refractivity contribution in [1.82, 2.24) is 19.6 Å². The Balaban J connectivity index is 3.38. The molecule has 0 aliphatic carbocycles. The maximum Gasteiger partial charge on any atom is 0.330 e. The van der Waals surface area contributed by atoms with E-state index >= 15 is 0 Å². The lowest BCUT2D eigenvalue weighted by Crippen LogP contribution is -2.47. The molecule has 0 aromatic heterocycles. The van der Waals surface area contributed by atoms with Crippen LogP contribution >= 0.6 is 12.2 Å². The quantitative estimate of drug-likeness (QED) is 0.327. The Morgan fingerprint density at radius 3 is 2.57 bits per heavy atom. The first-order valence-corrected chi connectivity index (χ1v) is 8.07. The molecule has 0 aromatic carbocycles. The molecular formula is C17H18F2N4O4S. The number of thiocarbonyl (C=S) groups is 1. The number of hydrogen-bond donors (Lipinski definition) is 1. The molecule has 8 nitrogen and oxygen atoms in total. The van der Waals surface area contributed by atoms with Gasteiger partial charge in [0.15, 0.2) is 5.11 Å². The summed E-state index contributed by atoms with van der Waals surface area (Å²) in [4.78, 5) is 38.8. The molecule has 11 heteroatoms. The third-order valence-corrected chi connectivity index (χ3v) is 4.26. The smallest absolute Gasteiger partial charge is 0.330 e. The average molecular weight is 412 g/mol. The maximum absolute atomic E-state index is 14.6. The molecule has 0 spiro atoms. The van der Waals surface area contributed by atoms with E-state index in [4.69, 9.17) is 18.6 Å². The number of nitrogens with zero attached hydrogens (tertiary/aromatic N) is 4. The summed E-state index contributed by atoms with van der Waals surface area (Å²) in [7, 11) is 3.73. The SMILES string of the molecule is C#CCN1C(=O)C(F)\C=C(F)/C(N(C)C(=O)N(C)C(=S)N(C)C=O)=C\C1=C\O. The van der Waals surface area contributed by atoms with Crippen LogP contribution in [0.4, 0.5) is 13.6 Å². The summed E-state index contributed by atoms with van der Waals surface area (Å²) in [6.45, 7) is -0.392. The second kappa shape index (κ2) is 9.61. The molecular weight excluding hydrogens is 394 g/mol. The normalized spacial score (nSPS) is 22.0. The topological polar surface area (TPSA) is 84.4 Å². The Kier molecular flexibility index (Phi) is 7.82. The number of urea groups is 1. The second-order valence-electron chi connectivity index (χ2n) is 5.53. The molecule has 28 heavy (non-hydrogen) atoms. The van der Waals surface area contributed by atoms with Gasteiger partial charge in [0.25, 0.3) is 5.91 Å². The number of aliphatic hydroxyl groups is 1. The van der Waals surface area contributed by atoms with Gasteiger partial charge in [0, 0.05) is 21.1 Å². The molecule has 0 bridgehead atoms. The van der Waals surface area contributed by atoms with Gasteiger partial charge in [-0.05, 0) is 24.4 Å². The van der Waals surface area contributed by atoms with E-state index in [-0.39, 0.29) is 10.8 Å². The number of carbonyl (C=O) groups excluding carboxylic acids is 3. The predicted octanol–water partition coefficient (Wildman–Crippen LogP) is 1.29. The number of likely N-dealkylation sites (N-methyl/N-ethyl adjacent to an activating group) is 1. The first-order chi connectivity index (χ1) is 13.1. The molecule has 1 rings (SSSR count). The molecule has 0 radical (unpaired) electrons. The van der Waals surface area contributed by atoms with Crippen molar-refractivity contribution in [2.24, 2.45) is 0 Å². The van der Waals surface area contributed by atoms with Crippen molar-refractivity contribution in [2.45, 2.75) is 6.17 Å². The molecule has 150 valence electrons. The van der Waals surface area contributed by atoms with Crippen molar-refractivity contribution >= 4 is 35.7 Å². The first-order valence-electron chi connectivity index (χ1n) is 7.66. The average Bonchev–Trinajstić information content (AvgIpc) is 2.69. The number of terminal acetylenes is 1. The minimum Gasteiger partial charge on any atom is -0.513 e. The number of allylic oxidation sites excluding steroid dienone is 2. The first kappa shape index (κ1) is 22.8. The Morgan fingerprint density at radius 2 is 2.07 bits per heavy atom. The van der Waals surface area contributed by atoms with Crippen LogP contribution < -0.4 is 0 Å². The molecule has 1 aliphatic heterocycles. The van der Waals surface area contributed by atoms with Gasteiger partial charge in [-0.3, -0.25) is 29.2 Å². The number of hydrogen-bond acceptors (Lipinski definition) is 5. The van der Waals surface area contributed by atoms with E-state index in [1.807, 2.05) is 0 Å².